The van der Waals surface area contributed by atoms with Gasteiger partial charge in [0.2, 0.25) is 5.91 Å². The number of ether oxygens (including phenoxy) is 1. The van der Waals surface area contributed by atoms with Gasteiger partial charge in [-0.3, -0.25) is 10.1 Å². The molecule has 0 radical (unpaired) electrons. The molecule has 0 bridgehead atoms. The molecule has 0 atom stereocenters. The number of hydrogen-bond donors (Lipinski definition) is 1. The van der Waals surface area contributed by atoms with E-state index in [1.165, 1.54) is 0 Å². The summed E-state index contributed by atoms with van der Waals surface area (Å²) < 4.78 is 11.4. The summed E-state index contributed by atoms with van der Waals surface area (Å²) in [6, 6.07) is 13.5. The highest BCUT2D eigenvalue weighted by Gasteiger charge is 2.30. The molecule has 0 unspecified atom stereocenters. The van der Waals surface area contributed by atoms with Crippen molar-refractivity contribution >= 4 is 23.0 Å². The Kier molecular flexibility index (Phi) is 3.26. The van der Waals surface area contributed by atoms with Gasteiger partial charge < -0.3 is 9.15 Å². The van der Waals surface area contributed by atoms with E-state index in [1.54, 1.807) is 6.07 Å². The SMILES string of the molecule is Cc1cccc(Oc2ccc3nc(NC(=O)C4CC4)oc3c2)c1. The van der Waals surface area contributed by atoms with Crippen molar-refractivity contribution in [2.75, 3.05) is 5.32 Å². The molecule has 4 rings (SSSR count). The van der Waals surface area contributed by atoms with Gasteiger partial charge in [0.05, 0.1) is 0 Å². The highest BCUT2D eigenvalue weighted by atomic mass is 16.5. The number of rotatable bonds is 4. The number of fused-ring (bicyclic) bond motifs is 1. The lowest BCUT2D eigenvalue weighted by Crippen LogP contribution is -2.13. The zero-order chi connectivity index (χ0) is 15.8. The molecule has 1 N–H and O–H groups in total. The molecule has 1 saturated carbocycles. The van der Waals surface area contributed by atoms with Crippen LogP contribution in [0.5, 0.6) is 11.5 Å². The number of carbonyl (C=O) groups excluding carboxylic acids is 1. The summed E-state index contributed by atoms with van der Waals surface area (Å²) in [5.41, 5.74) is 2.40. The molecule has 1 amide bonds. The fourth-order valence-electron chi connectivity index (χ4n) is 2.39. The number of oxazole rings is 1. The van der Waals surface area contributed by atoms with Crippen molar-refractivity contribution in [1.82, 2.24) is 4.98 Å². The van der Waals surface area contributed by atoms with E-state index in [4.69, 9.17) is 9.15 Å². The molecule has 0 aliphatic heterocycles. The van der Waals surface area contributed by atoms with Crippen LogP contribution < -0.4 is 10.1 Å². The van der Waals surface area contributed by atoms with Gasteiger partial charge in [0, 0.05) is 12.0 Å². The van der Waals surface area contributed by atoms with Crippen molar-refractivity contribution in [3.05, 3.63) is 48.0 Å². The monoisotopic (exact) mass is 308 g/mol. The third-order valence-corrected chi connectivity index (χ3v) is 3.76. The number of benzene rings is 2. The lowest BCUT2D eigenvalue weighted by atomic mass is 10.2. The van der Waals surface area contributed by atoms with Crippen LogP contribution in [0, 0.1) is 12.8 Å². The Balaban J connectivity index is 1.56. The fourth-order valence-corrected chi connectivity index (χ4v) is 2.39. The number of hydrogen-bond acceptors (Lipinski definition) is 4. The second-order valence-electron chi connectivity index (χ2n) is 5.83. The zero-order valence-corrected chi connectivity index (χ0v) is 12.7. The number of carbonyl (C=O) groups is 1. The summed E-state index contributed by atoms with van der Waals surface area (Å²) >= 11 is 0. The Morgan fingerprint density at radius 1 is 1.22 bits per heavy atom. The molecular formula is C18H16N2O3. The van der Waals surface area contributed by atoms with Gasteiger partial charge in [-0.05, 0) is 49.6 Å². The molecule has 5 heteroatoms. The molecule has 116 valence electrons. The quantitative estimate of drug-likeness (QED) is 0.781. The number of aryl methyl sites for hydroxylation is 1. The van der Waals surface area contributed by atoms with Crippen LogP contribution in [0.3, 0.4) is 0 Å². The van der Waals surface area contributed by atoms with Crippen LogP contribution in [-0.2, 0) is 4.79 Å². The van der Waals surface area contributed by atoms with Gasteiger partial charge in [0.15, 0.2) is 5.58 Å². The second kappa shape index (κ2) is 5.43. The fraction of sp³-hybridized carbons (Fsp3) is 0.222. The van der Waals surface area contributed by atoms with Crippen LogP contribution in [0.15, 0.2) is 46.9 Å². The first-order chi connectivity index (χ1) is 11.2. The van der Waals surface area contributed by atoms with Gasteiger partial charge in [0.1, 0.15) is 17.0 Å². The van der Waals surface area contributed by atoms with Gasteiger partial charge in [-0.2, -0.15) is 4.98 Å². The maximum Gasteiger partial charge on any atom is 0.302 e. The molecule has 1 fully saturated rings. The van der Waals surface area contributed by atoms with Gasteiger partial charge >= 0.3 is 6.01 Å². The normalized spacial score (nSPS) is 14.0. The highest BCUT2D eigenvalue weighted by Crippen LogP contribution is 2.31. The third-order valence-electron chi connectivity index (χ3n) is 3.76. The average molecular weight is 308 g/mol. The average Bonchev–Trinajstić information content (AvgIpc) is 3.29. The highest BCUT2D eigenvalue weighted by molar-refractivity contribution is 5.93. The van der Waals surface area contributed by atoms with Crippen molar-refractivity contribution in [3.8, 4) is 11.5 Å². The first kappa shape index (κ1) is 13.8. The molecule has 2 aromatic carbocycles. The molecule has 1 heterocycles. The Labute approximate surface area is 133 Å². The molecule has 1 aliphatic carbocycles. The second-order valence-corrected chi connectivity index (χ2v) is 5.83. The number of nitrogens with one attached hydrogen (secondary N) is 1. The third kappa shape index (κ3) is 3.04. The van der Waals surface area contributed by atoms with E-state index in [-0.39, 0.29) is 17.8 Å². The molecule has 0 spiro atoms. The number of anilines is 1. The molecule has 1 aromatic heterocycles. The van der Waals surface area contributed by atoms with Gasteiger partial charge in [-0.15, -0.1) is 0 Å². The predicted octanol–water partition coefficient (Wildman–Crippen LogP) is 4.28. The van der Waals surface area contributed by atoms with Crippen LogP contribution in [0.1, 0.15) is 18.4 Å². The Hall–Kier alpha value is -2.82. The Morgan fingerprint density at radius 2 is 2.04 bits per heavy atom. The minimum Gasteiger partial charge on any atom is -0.457 e. The van der Waals surface area contributed by atoms with Crippen LogP contribution in [0.2, 0.25) is 0 Å². The van der Waals surface area contributed by atoms with Crippen molar-refractivity contribution in [2.24, 2.45) is 5.92 Å². The van der Waals surface area contributed by atoms with E-state index >= 15 is 0 Å². The predicted molar refractivity (Wildman–Crippen MR) is 86.6 cm³/mol. The minimum atomic E-state index is -0.0206. The maximum atomic E-state index is 11.8. The number of amides is 1. The van der Waals surface area contributed by atoms with E-state index < -0.39 is 0 Å². The lowest BCUT2D eigenvalue weighted by Gasteiger charge is -2.05. The van der Waals surface area contributed by atoms with Gasteiger partial charge in [-0.25, -0.2) is 0 Å². The van der Waals surface area contributed by atoms with E-state index in [9.17, 15) is 4.79 Å². The van der Waals surface area contributed by atoms with E-state index in [2.05, 4.69) is 10.3 Å². The summed E-state index contributed by atoms with van der Waals surface area (Å²) in [5.74, 6) is 1.53. The van der Waals surface area contributed by atoms with Crippen LogP contribution in [-0.4, -0.2) is 10.9 Å². The Bertz CT molecular complexity index is 881. The van der Waals surface area contributed by atoms with Crippen molar-refractivity contribution in [3.63, 3.8) is 0 Å². The smallest absolute Gasteiger partial charge is 0.302 e. The first-order valence-electron chi connectivity index (χ1n) is 7.63. The lowest BCUT2D eigenvalue weighted by molar-refractivity contribution is -0.117. The topological polar surface area (TPSA) is 64.4 Å². The van der Waals surface area contributed by atoms with Crippen molar-refractivity contribution in [1.29, 1.82) is 0 Å². The summed E-state index contributed by atoms with van der Waals surface area (Å²) in [6.07, 6.45) is 1.89. The zero-order valence-electron chi connectivity index (χ0n) is 12.7. The molecule has 0 saturated heterocycles. The van der Waals surface area contributed by atoms with E-state index in [0.29, 0.717) is 16.8 Å². The largest absolute Gasteiger partial charge is 0.457 e. The van der Waals surface area contributed by atoms with Gasteiger partial charge in [0.25, 0.3) is 0 Å². The summed E-state index contributed by atoms with van der Waals surface area (Å²) in [7, 11) is 0. The summed E-state index contributed by atoms with van der Waals surface area (Å²) in [5, 5.41) is 2.71. The van der Waals surface area contributed by atoms with Crippen molar-refractivity contribution < 1.29 is 13.9 Å². The van der Waals surface area contributed by atoms with Crippen LogP contribution >= 0.6 is 0 Å². The van der Waals surface area contributed by atoms with Crippen LogP contribution in [0.25, 0.3) is 11.1 Å². The molecule has 1 aliphatic rings. The first-order valence-corrected chi connectivity index (χ1v) is 7.63. The van der Waals surface area contributed by atoms with E-state index in [0.717, 1.165) is 24.2 Å². The van der Waals surface area contributed by atoms with Crippen molar-refractivity contribution in [2.45, 2.75) is 19.8 Å². The van der Waals surface area contributed by atoms with Gasteiger partial charge in [-0.1, -0.05) is 12.1 Å². The summed E-state index contributed by atoms with van der Waals surface area (Å²) in [4.78, 5) is 16.0. The Morgan fingerprint density at radius 3 is 2.83 bits per heavy atom. The molecule has 23 heavy (non-hydrogen) atoms. The van der Waals surface area contributed by atoms with E-state index in [1.807, 2.05) is 43.3 Å². The molecular weight excluding hydrogens is 292 g/mol. The maximum absolute atomic E-state index is 11.8. The number of aromatic nitrogens is 1. The molecule has 3 aromatic rings. The van der Waals surface area contributed by atoms with Crippen LogP contribution in [0.4, 0.5) is 6.01 Å². The molecule has 5 nitrogen and oxygen atoms in total. The minimum absolute atomic E-state index is 0.0206. The standard InChI is InChI=1S/C18H16N2O3/c1-11-3-2-4-13(9-11)22-14-7-8-15-16(10-14)23-18(19-15)20-17(21)12-5-6-12/h2-4,7-10,12H,5-6H2,1H3,(H,19,20,21). The number of nitrogens with zero attached hydrogens (tertiary/aromatic N) is 1. The summed E-state index contributed by atoms with van der Waals surface area (Å²) in [6.45, 7) is 2.02.